The summed E-state index contributed by atoms with van der Waals surface area (Å²) in [5.74, 6) is -4.17. The number of aryl methyl sites for hydroxylation is 1. The predicted molar refractivity (Wildman–Crippen MR) is 101 cm³/mol. The Kier molecular flexibility index (Phi) is 5.13. The summed E-state index contributed by atoms with van der Waals surface area (Å²) in [6, 6.07) is 2.99. The number of thiophene rings is 1. The van der Waals surface area contributed by atoms with Crippen LogP contribution < -0.4 is 5.32 Å². The lowest BCUT2D eigenvalue weighted by Crippen LogP contribution is -2.36. The molecule has 1 aliphatic rings. The SMILES string of the molecule is Cc1cc2[nH]c(C(=O)Nc3cc(F)c(F)cc3F)c(CN3CCOCC3)c2s1. The number of aromatic amines is 1. The molecule has 3 aromatic rings. The first-order valence-corrected chi connectivity index (χ1v) is 9.61. The van der Waals surface area contributed by atoms with Crippen molar-refractivity contribution in [2.45, 2.75) is 13.5 Å². The van der Waals surface area contributed by atoms with Gasteiger partial charge < -0.3 is 15.0 Å². The minimum absolute atomic E-state index is 0.289. The van der Waals surface area contributed by atoms with E-state index in [0.717, 1.165) is 33.7 Å². The van der Waals surface area contributed by atoms with E-state index in [4.69, 9.17) is 4.74 Å². The van der Waals surface area contributed by atoms with Gasteiger partial charge in [-0.05, 0) is 13.0 Å². The van der Waals surface area contributed by atoms with E-state index in [0.29, 0.717) is 31.9 Å². The molecule has 2 N–H and O–H groups in total. The maximum atomic E-state index is 13.9. The topological polar surface area (TPSA) is 57.4 Å². The van der Waals surface area contributed by atoms with Gasteiger partial charge in [0.1, 0.15) is 11.5 Å². The second kappa shape index (κ2) is 7.57. The summed E-state index contributed by atoms with van der Waals surface area (Å²) in [5, 5.41) is 2.35. The first-order chi connectivity index (χ1) is 13.4. The molecule has 1 amide bonds. The van der Waals surface area contributed by atoms with Crippen molar-refractivity contribution in [2.24, 2.45) is 0 Å². The van der Waals surface area contributed by atoms with Gasteiger partial charge in [-0.15, -0.1) is 11.3 Å². The highest BCUT2D eigenvalue weighted by Crippen LogP contribution is 2.32. The van der Waals surface area contributed by atoms with Gasteiger partial charge in [0, 0.05) is 42.2 Å². The summed E-state index contributed by atoms with van der Waals surface area (Å²) >= 11 is 1.57. The number of rotatable bonds is 4. The first-order valence-electron chi connectivity index (χ1n) is 8.79. The van der Waals surface area contributed by atoms with Gasteiger partial charge in [0.15, 0.2) is 11.6 Å². The number of ether oxygens (including phenoxy) is 1. The summed E-state index contributed by atoms with van der Waals surface area (Å²) in [6.07, 6.45) is 0. The van der Waals surface area contributed by atoms with Crippen LogP contribution in [0.15, 0.2) is 18.2 Å². The summed E-state index contributed by atoms with van der Waals surface area (Å²) in [4.78, 5) is 19.2. The number of hydrogen-bond acceptors (Lipinski definition) is 4. The number of halogens is 3. The molecule has 1 fully saturated rings. The standard InChI is InChI=1S/C19H18F3N3O2S/c1-10-6-16-18(28-10)11(9-25-2-4-27-5-3-25)17(23-16)19(26)24-15-8-13(21)12(20)7-14(15)22/h6-8,23H,2-5,9H2,1H3,(H,24,26). The molecule has 1 saturated heterocycles. The average Bonchev–Trinajstić information content (AvgIpc) is 3.18. The summed E-state index contributed by atoms with van der Waals surface area (Å²) in [6.45, 7) is 5.25. The highest BCUT2D eigenvalue weighted by atomic mass is 32.1. The van der Waals surface area contributed by atoms with Crippen molar-refractivity contribution >= 4 is 33.1 Å². The molecular weight excluding hydrogens is 391 g/mol. The van der Waals surface area contributed by atoms with E-state index in [2.05, 4.69) is 15.2 Å². The number of anilines is 1. The molecule has 0 unspecified atom stereocenters. The number of H-pyrrole nitrogens is 1. The Balaban J connectivity index is 1.67. The molecule has 0 aliphatic carbocycles. The number of carbonyl (C=O) groups is 1. The van der Waals surface area contributed by atoms with E-state index in [1.807, 2.05) is 13.0 Å². The fourth-order valence-corrected chi connectivity index (χ4v) is 4.29. The molecule has 0 bridgehead atoms. The zero-order valence-corrected chi connectivity index (χ0v) is 15.9. The van der Waals surface area contributed by atoms with Gasteiger partial charge in [-0.3, -0.25) is 9.69 Å². The highest BCUT2D eigenvalue weighted by molar-refractivity contribution is 7.19. The third-order valence-corrected chi connectivity index (χ3v) is 5.77. The molecule has 0 spiro atoms. The second-order valence-corrected chi connectivity index (χ2v) is 7.92. The molecular formula is C19H18F3N3O2S. The van der Waals surface area contributed by atoms with Crippen LogP contribution in [0.4, 0.5) is 18.9 Å². The number of aromatic nitrogens is 1. The van der Waals surface area contributed by atoms with Gasteiger partial charge in [0.2, 0.25) is 0 Å². The van der Waals surface area contributed by atoms with Crippen LogP contribution >= 0.6 is 11.3 Å². The minimum Gasteiger partial charge on any atom is -0.379 e. The molecule has 3 heterocycles. The number of carbonyl (C=O) groups excluding carboxylic acids is 1. The van der Waals surface area contributed by atoms with E-state index in [1.54, 1.807) is 11.3 Å². The van der Waals surface area contributed by atoms with E-state index in [-0.39, 0.29) is 5.69 Å². The number of nitrogens with zero attached hydrogens (tertiary/aromatic N) is 1. The molecule has 9 heteroatoms. The van der Waals surface area contributed by atoms with Crippen LogP contribution in [-0.4, -0.2) is 42.1 Å². The zero-order chi connectivity index (χ0) is 19.8. The van der Waals surface area contributed by atoms with Crippen molar-refractivity contribution in [1.82, 2.24) is 9.88 Å². The largest absolute Gasteiger partial charge is 0.379 e. The Labute approximate surface area is 163 Å². The van der Waals surface area contributed by atoms with Crippen molar-refractivity contribution in [3.05, 3.63) is 51.8 Å². The fraction of sp³-hybridized carbons (Fsp3) is 0.316. The molecule has 5 nitrogen and oxygen atoms in total. The Bertz CT molecular complexity index is 1040. The molecule has 28 heavy (non-hydrogen) atoms. The van der Waals surface area contributed by atoms with Gasteiger partial charge in [0.05, 0.1) is 29.1 Å². The van der Waals surface area contributed by atoms with E-state index >= 15 is 0 Å². The molecule has 1 aromatic carbocycles. The smallest absolute Gasteiger partial charge is 0.272 e. The number of amides is 1. The van der Waals surface area contributed by atoms with Crippen molar-refractivity contribution < 1.29 is 22.7 Å². The number of benzene rings is 1. The molecule has 0 saturated carbocycles. The third kappa shape index (κ3) is 3.65. The van der Waals surface area contributed by atoms with Crippen LogP contribution in [0.25, 0.3) is 10.2 Å². The van der Waals surface area contributed by atoms with Crippen LogP contribution in [0.2, 0.25) is 0 Å². The van der Waals surface area contributed by atoms with Gasteiger partial charge in [-0.1, -0.05) is 0 Å². The van der Waals surface area contributed by atoms with E-state index in [9.17, 15) is 18.0 Å². The van der Waals surface area contributed by atoms with Gasteiger partial charge >= 0.3 is 0 Å². The van der Waals surface area contributed by atoms with E-state index < -0.39 is 29.0 Å². The van der Waals surface area contributed by atoms with Crippen LogP contribution in [0, 0.1) is 24.4 Å². The average molecular weight is 409 g/mol. The Morgan fingerprint density at radius 2 is 1.89 bits per heavy atom. The van der Waals surface area contributed by atoms with Crippen molar-refractivity contribution in [3.8, 4) is 0 Å². The fourth-order valence-electron chi connectivity index (χ4n) is 3.29. The lowest BCUT2D eigenvalue weighted by atomic mass is 10.2. The number of morpholine rings is 1. The summed E-state index contributed by atoms with van der Waals surface area (Å²) in [7, 11) is 0. The lowest BCUT2D eigenvalue weighted by Gasteiger charge is -2.26. The first kappa shape index (κ1) is 19.0. The Morgan fingerprint density at radius 3 is 2.64 bits per heavy atom. The number of nitrogens with one attached hydrogen (secondary N) is 2. The van der Waals surface area contributed by atoms with Crippen LogP contribution in [-0.2, 0) is 11.3 Å². The van der Waals surface area contributed by atoms with Gasteiger partial charge in [-0.2, -0.15) is 0 Å². The quantitative estimate of drug-likeness (QED) is 0.640. The minimum atomic E-state index is -1.31. The van der Waals surface area contributed by atoms with Crippen molar-refractivity contribution in [1.29, 1.82) is 0 Å². The maximum Gasteiger partial charge on any atom is 0.272 e. The predicted octanol–water partition coefficient (Wildman–Crippen LogP) is 4.04. The normalized spacial score (nSPS) is 15.3. The number of fused-ring (bicyclic) bond motifs is 1. The molecule has 2 aromatic heterocycles. The number of hydrogen-bond donors (Lipinski definition) is 2. The van der Waals surface area contributed by atoms with Crippen molar-refractivity contribution in [3.63, 3.8) is 0 Å². The van der Waals surface area contributed by atoms with Crippen LogP contribution in [0.1, 0.15) is 20.9 Å². The maximum absolute atomic E-state index is 13.9. The Morgan fingerprint density at radius 1 is 1.18 bits per heavy atom. The zero-order valence-electron chi connectivity index (χ0n) is 15.1. The van der Waals surface area contributed by atoms with Crippen LogP contribution in [0.5, 0.6) is 0 Å². The monoisotopic (exact) mass is 409 g/mol. The van der Waals surface area contributed by atoms with Gasteiger partial charge in [-0.25, -0.2) is 13.2 Å². The highest BCUT2D eigenvalue weighted by Gasteiger charge is 2.23. The van der Waals surface area contributed by atoms with E-state index in [1.165, 1.54) is 0 Å². The van der Waals surface area contributed by atoms with Crippen molar-refractivity contribution in [2.75, 3.05) is 31.6 Å². The molecule has 0 atom stereocenters. The summed E-state index contributed by atoms with van der Waals surface area (Å²) < 4.78 is 46.8. The molecule has 148 valence electrons. The van der Waals surface area contributed by atoms with Crippen LogP contribution in [0.3, 0.4) is 0 Å². The third-order valence-electron chi connectivity index (χ3n) is 4.66. The molecule has 0 radical (unpaired) electrons. The molecule has 1 aliphatic heterocycles. The Hall–Kier alpha value is -2.36. The summed E-state index contributed by atoms with van der Waals surface area (Å²) in [5.41, 5.74) is 1.50. The second-order valence-electron chi connectivity index (χ2n) is 6.67. The van der Waals surface area contributed by atoms with Gasteiger partial charge in [0.25, 0.3) is 5.91 Å². The lowest BCUT2D eigenvalue weighted by molar-refractivity contribution is 0.0343. The molecule has 4 rings (SSSR count).